The van der Waals surface area contributed by atoms with E-state index in [2.05, 4.69) is 0 Å². The SMILES string of the molecule is Cc1ccc(-c2ccc(=O)oc2C(=O)O)cc1. The van der Waals surface area contributed by atoms with Gasteiger partial charge in [-0.25, -0.2) is 9.59 Å². The topological polar surface area (TPSA) is 67.5 Å². The van der Waals surface area contributed by atoms with Crippen LogP contribution in [0, 0.1) is 6.92 Å². The van der Waals surface area contributed by atoms with Crippen LogP contribution in [0.1, 0.15) is 16.1 Å². The molecule has 4 heteroatoms. The van der Waals surface area contributed by atoms with Gasteiger partial charge in [0.25, 0.3) is 0 Å². The smallest absolute Gasteiger partial charge is 0.372 e. The van der Waals surface area contributed by atoms with Crippen molar-refractivity contribution >= 4 is 5.97 Å². The summed E-state index contributed by atoms with van der Waals surface area (Å²) in [7, 11) is 0. The lowest BCUT2D eigenvalue weighted by molar-refractivity contribution is 0.0658. The van der Waals surface area contributed by atoms with Gasteiger partial charge < -0.3 is 9.52 Å². The lowest BCUT2D eigenvalue weighted by Gasteiger charge is -2.04. The largest absolute Gasteiger partial charge is 0.475 e. The van der Waals surface area contributed by atoms with Crippen LogP contribution in [0.5, 0.6) is 0 Å². The lowest BCUT2D eigenvalue weighted by Crippen LogP contribution is -2.06. The zero-order chi connectivity index (χ0) is 12.4. The minimum Gasteiger partial charge on any atom is -0.475 e. The molecule has 1 heterocycles. The Morgan fingerprint density at radius 2 is 1.76 bits per heavy atom. The molecule has 0 aliphatic carbocycles. The molecule has 0 radical (unpaired) electrons. The minimum atomic E-state index is -1.25. The fraction of sp³-hybridized carbons (Fsp3) is 0.0769. The molecule has 17 heavy (non-hydrogen) atoms. The normalized spacial score (nSPS) is 10.2. The molecular weight excluding hydrogens is 220 g/mol. The average molecular weight is 230 g/mol. The highest BCUT2D eigenvalue weighted by Gasteiger charge is 2.15. The Morgan fingerprint density at radius 1 is 1.12 bits per heavy atom. The molecule has 0 fully saturated rings. The molecule has 1 aromatic heterocycles. The number of carboxylic acid groups (broad SMARTS) is 1. The molecule has 2 rings (SSSR count). The molecule has 0 atom stereocenters. The first-order chi connectivity index (χ1) is 8.08. The van der Waals surface area contributed by atoms with Gasteiger partial charge in [-0.1, -0.05) is 29.8 Å². The number of aryl methyl sites for hydroxylation is 1. The number of hydrogen-bond acceptors (Lipinski definition) is 3. The Morgan fingerprint density at radius 3 is 2.35 bits per heavy atom. The van der Waals surface area contributed by atoms with Crippen molar-refractivity contribution in [3.63, 3.8) is 0 Å². The molecule has 0 amide bonds. The van der Waals surface area contributed by atoms with E-state index in [1.807, 2.05) is 19.1 Å². The highest BCUT2D eigenvalue weighted by Crippen LogP contribution is 2.22. The zero-order valence-electron chi connectivity index (χ0n) is 9.14. The summed E-state index contributed by atoms with van der Waals surface area (Å²) in [6.45, 7) is 1.94. The Labute approximate surface area is 97.1 Å². The molecule has 0 unspecified atom stereocenters. The van der Waals surface area contributed by atoms with Crippen molar-refractivity contribution in [2.45, 2.75) is 6.92 Å². The molecule has 0 saturated heterocycles. The van der Waals surface area contributed by atoms with E-state index < -0.39 is 11.6 Å². The Bertz CT molecular complexity index is 608. The average Bonchev–Trinajstić information content (AvgIpc) is 2.30. The van der Waals surface area contributed by atoms with Crippen LogP contribution >= 0.6 is 0 Å². The van der Waals surface area contributed by atoms with Crippen LogP contribution in [0.4, 0.5) is 0 Å². The van der Waals surface area contributed by atoms with Gasteiger partial charge >= 0.3 is 11.6 Å². The third-order valence-electron chi connectivity index (χ3n) is 2.39. The van der Waals surface area contributed by atoms with Gasteiger partial charge in [-0.15, -0.1) is 0 Å². The van der Waals surface area contributed by atoms with Gasteiger partial charge in [-0.05, 0) is 18.6 Å². The van der Waals surface area contributed by atoms with Crippen LogP contribution in [0.2, 0.25) is 0 Å². The first-order valence-corrected chi connectivity index (χ1v) is 5.02. The number of carboxylic acids is 1. The molecule has 0 spiro atoms. The minimum absolute atomic E-state index is 0.332. The van der Waals surface area contributed by atoms with Gasteiger partial charge in [-0.2, -0.15) is 0 Å². The van der Waals surface area contributed by atoms with Crippen LogP contribution < -0.4 is 5.63 Å². The van der Waals surface area contributed by atoms with Crippen LogP contribution in [0.3, 0.4) is 0 Å². The van der Waals surface area contributed by atoms with E-state index in [1.165, 1.54) is 12.1 Å². The van der Waals surface area contributed by atoms with Crippen molar-refractivity contribution < 1.29 is 14.3 Å². The Kier molecular flexibility index (Phi) is 2.78. The van der Waals surface area contributed by atoms with Crippen LogP contribution in [-0.2, 0) is 0 Å². The first-order valence-electron chi connectivity index (χ1n) is 5.02. The van der Waals surface area contributed by atoms with Crippen molar-refractivity contribution in [2.24, 2.45) is 0 Å². The fourth-order valence-electron chi connectivity index (χ4n) is 1.54. The monoisotopic (exact) mass is 230 g/mol. The van der Waals surface area contributed by atoms with Gasteiger partial charge in [0, 0.05) is 11.6 Å². The van der Waals surface area contributed by atoms with Crippen molar-refractivity contribution in [1.82, 2.24) is 0 Å². The summed E-state index contributed by atoms with van der Waals surface area (Å²) in [6, 6.07) is 9.98. The second kappa shape index (κ2) is 4.25. The second-order valence-electron chi connectivity index (χ2n) is 3.67. The number of benzene rings is 1. The van der Waals surface area contributed by atoms with Gasteiger partial charge in [0.1, 0.15) is 0 Å². The molecule has 0 saturated carbocycles. The highest BCUT2D eigenvalue weighted by atomic mass is 16.4. The lowest BCUT2D eigenvalue weighted by atomic mass is 10.0. The van der Waals surface area contributed by atoms with E-state index in [1.54, 1.807) is 12.1 Å². The van der Waals surface area contributed by atoms with E-state index >= 15 is 0 Å². The predicted molar refractivity (Wildman–Crippen MR) is 62.1 cm³/mol. The number of aromatic carboxylic acids is 1. The van der Waals surface area contributed by atoms with E-state index in [0.29, 0.717) is 11.1 Å². The molecule has 0 bridgehead atoms. The summed E-state index contributed by atoms with van der Waals surface area (Å²) in [5.74, 6) is -1.58. The molecule has 86 valence electrons. The van der Waals surface area contributed by atoms with Gasteiger partial charge in [0.15, 0.2) is 0 Å². The predicted octanol–water partition coefficient (Wildman–Crippen LogP) is 2.31. The molecular formula is C13H10O4. The molecule has 1 aromatic carbocycles. The number of rotatable bonds is 2. The molecule has 0 aliphatic rings. The van der Waals surface area contributed by atoms with E-state index in [4.69, 9.17) is 9.52 Å². The highest BCUT2D eigenvalue weighted by molar-refractivity contribution is 5.92. The van der Waals surface area contributed by atoms with E-state index in [-0.39, 0.29) is 5.76 Å². The standard InChI is InChI=1S/C13H10O4/c1-8-2-4-9(5-3-8)10-6-7-11(14)17-12(10)13(15)16/h2-7H,1H3,(H,15,16). The molecule has 1 N–H and O–H groups in total. The van der Waals surface area contributed by atoms with Gasteiger partial charge in [0.2, 0.25) is 5.76 Å². The maximum Gasteiger partial charge on any atom is 0.372 e. The first kappa shape index (κ1) is 11.1. The Balaban J connectivity index is 2.62. The molecule has 2 aromatic rings. The van der Waals surface area contributed by atoms with Crippen molar-refractivity contribution in [3.8, 4) is 11.1 Å². The van der Waals surface area contributed by atoms with Crippen molar-refractivity contribution in [1.29, 1.82) is 0 Å². The van der Waals surface area contributed by atoms with Crippen LogP contribution in [0.25, 0.3) is 11.1 Å². The number of hydrogen-bond donors (Lipinski definition) is 1. The summed E-state index contributed by atoms with van der Waals surface area (Å²) < 4.78 is 4.70. The summed E-state index contributed by atoms with van der Waals surface area (Å²) in [5.41, 5.74) is 1.51. The summed E-state index contributed by atoms with van der Waals surface area (Å²) >= 11 is 0. The van der Waals surface area contributed by atoms with Crippen molar-refractivity contribution in [3.05, 3.63) is 58.1 Å². The summed E-state index contributed by atoms with van der Waals surface area (Å²) in [6.07, 6.45) is 0. The fourth-order valence-corrected chi connectivity index (χ4v) is 1.54. The van der Waals surface area contributed by atoms with E-state index in [0.717, 1.165) is 5.56 Å². The Hall–Kier alpha value is -2.36. The maximum atomic E-state index is 11.0. The van der Waals surface area contributed by atoms with Crippen LogP contribution in [0.15, 0.2) is 45.6 Å². The quantitative estimate of drug-likeness (QED) is 0.859. The van der Waals surface area contributed by atoms with E-state index in [9.17, 15) is 9.59 Å². The number of carbonyl (C=O) groups is 1. The maximum absolute atomic E-state index is 11.0. The van der Waals surface area contributed by atoms with Crippen LogP contribution in [-0.4, -0.2) is 11.1 Å². The summed E-state index contributed by atoms with van der Waals surface area (Å²) in [4.78, 5) is 22.0. The third-order valence-corrected chi connectivity index (χ3v) is 2.39. The third kappa shape index (κ3) is 2.25. The van der Waals surface area contributed by atoms with Gasteiger partial charge in [0.05, 0.1) is 0 Å². The molecule has 4 nitrogen and oxygen atoms in total. The second-order valence-corrected chi connectivity index (χ2v) is 3.67. The summed E-state index contributed by atoms with van der Waals surface area (Å²) in [5, 5.41) is 8.97. The molecule has 0 aliphatic heterocycles. The zero-order valence-corrected chi connectivity index (χ0v) is 9.14. The van der Waals surface area contributed by atoms with Crippen molar-refractivity contribution in [2.75, 3.05) is 0 Å². The van der Waals surface area contributed by atoms with Gasteiger partial charge in [-0.3, -0.25) is 0 Å².